The summed E-state index contributed by atoms with van der Waals surface area (Å²) in [6, 6.07) is 0. The summed E-state index contributed by atoms with van der Waals surface area (Å²) in [6.07, 6.45) is 24.4. The maximum absolute atomic E-state index is 6.70. The Labute approximate surface area is 407 Å². The molecule has 0 radical (unpaired) electrons. The second-order valence-electron chi connectivity index (χ2n) is 21.6. The molecule has 9 heterocycles. The Kier molecular flexibility index (Phi) is 16.9. The predicted octanol–water partition coefficient (Wildman–Crippen LogP) is 5.90. The minimum atomic E-state index is -0.724. The summed E-state index contributed by atoms with van der Waals surface area (Å²) in [5.41, 5.74) is -1.00. The van der Waals surface area contributed by atoms with Crippen LogP contribution < -0.4 is 12.4 Å². The quantitative estimate of drug-likeness (QED) is 0.0897. The van der Waals surface area contributed by atoms with E-state index in [-0.39, 0.29) is 70.6 Å². The van der Waals surface area contributed by atoms with Crippen LogP contribution in [-0.4, -0.2) is 108 Å². The summed E-state index contributed by atoms with van der Waals surface area (Å²) in [5.74, 6) is 2.82. The van der Waals surface area contributed by atoms with Crippen molar-refractivity contribution < 1.29 is 78.0 Å². The molecule has 16 atom stereocenters. The number of halogens is 1. The fourth-order valence-electron chi connectivity index (χ4n) is 13.5. The van der Waals surface area contributed by atoms with E-state index in [1.807, 2.05) is 6.92 Å². The van der Waals surface area contributed by atoms with Crippen LogP contribution in [0.3, 0.4) is 0 Å². The van der Waals surface area contributed by atoms with Crippen molar-refractivity contribution in [2.45, 2.75) is 185 Å². The third kappa shape index (κ3) is 10.0. The first-order valence-corrected chi connectivity index (χ1v) is 24.8. The van der Waals surface area contributed by atoms with Crippen LogP contribution in [0.4, 0.5) is 0 Å². The Balaban J connectivity index is 0.000000186. The van der Waals surface area contributed by atoms with Crippen molar-refractivity contribution in [1.29, 1.82) is 0 Å². The Bertz CT molecular complexity index is 1480. The molecule has 13 nitrogen and oxygen atoms in total. The van der Waals surface area contributed by atoms with Crippen molar-refractivity contribution in [3.8, 4) is 0 Å². The predicted molar refractivity (Wildman–Crippen MR) is 233 cm³/mol. The van der Waals surface area contributed by atoms with E-state index in [1.54, 1.807) is 0 Å². The largest absolute Gasteiger partial charge is 3.00 e. The molecule has 10 fully saturated rings. The molecule has 0 unspecified atom stereocenters. The molecule has 12 rings (SSSR count). The maximum Gasteiger partial charge on any atom is 3.00 e. The van der Waals surface area contributed by atoms with Crippen molar-refractivity contribution >= 4 is 0 Å². The summed E-state index contributed by atoms with van der Waals surface area (Å²) < 4.78 is 32.2. The van der Waals surface area contributed by atoms with Gasteiger partial charge in [0.15, 0.2) is 24.5 Å². The van der Waals surface area contributed by atoms with Crippen molar-refractivity contribution in [3.63, 3.8) is 0 Å². The van der Waals surface area contributed by atoms with Crippen LogP contribution in [0.1, 0.15) is 138 Å². The SMILES string of the molecule is C[C@H]1[C@@H](OCCCCCN2C=CN(C)[CH-]2)O[C@@H]2C[C@]3(C)CC[C@H]4[C@H](C)CC[C@@H]1[C@@]24OO3.C[C@H]1[C@@H](OCCCCCN2C=CN(C)[CH-]2)O[C@@H]2O[C@@]3(C)CC[C@H]4[C@H](C)CC[C@@H]1[C@@]24OO3.[Au+3].[Cl-]. The number of fused-ring (bicyclic) bond motifs is 4. The van der Waals surface area contributed by atoms with E-state index < -0.39 is 17.7 Å². The van der Waals surface area contributed by atoms with Crippen LogP contribution in [0.2, 0.25) is 0 Å². The molecule has 0 amide bonds. The third-order valence-corrected chi connectivity index (χ3v) is 17.1. The van der Waals surface area contributed by atoms with Gasteiger partial charge >= 0.3 is 22.4 Å². The van der Waals surface area contributed by atoms with Gasteiger partial charge in [0.25, 0.3) is 0 Å². The van der Waals surface area contributed by atoms with Crippen molar-refractivity contribution in [3.05, 3.63) is 38.1 Å². The molecule has 0 aromatic rings. The number of nitrogens with zero attached hydrogens (tertiary/aromatic N) is 4. The van der Waals surface area contributed by atoms with Crippen molar-refractivity contribution in [2.24, 2.45) is 47.3 Å². The molecular formula is C49H80AuClN4O9. The minimum Gasteiger partial charge on any atom is -1.00 e. The molecule has 0 N–H and O–H groups in total. The molecule has 0 aromatic carbocycles. The molecule has 2 spiro atoms. The Hall–Kier alpha value is -0.650. The van der Waals surface area contributed by atoms with E-state index >= 15 is 0 Å². The van der Waals surface area contributed by atoms with Gasteiger partial charge in [-0.25, -0.2) is 19.6 Å². The van der Waals surface area contributed by atoms with Crippen LogP contribution in [-0.2, 0) is 65.6 Å². The van der Waals surface area contributed by atoms with Gasteiger partial charge in [0, 0.05) is 49.7 Å². The molecule has 12 aliphatic rings. The Morgan fingerprint density at radius 3 is 1.70 bits per heavy atom. The fourth-order valence-corrected chi connectivity index (χ4v) is 13.5. The number of hydrogen-bond donors (Lipinski definition) is 0. The van der Waals surface area contributed by atoms with E-state index in [4.69, 9.17) is 43.2 Å². The molecule has 3 saturated carbocycles. The minimum absolute atomic E-state index is 0. The Morgan fingerprint density at radius 1 is 0.594 bits per heavy atom. The monoisotopic (exact) mass is 1100 g/mol. The summed E-state index contributed by atoms with van der Waals surface area (Å²) in [4.78, 5) is 33.1. The van der Waals surface area contributed by atoms with Gasteiger partial charge in [-0.1, -0.05) is 27.7 Å². The first kappa shape index (κ1) is 51.2. The zero-order chi connectivity index (χ0) is 43.3. The molecule has 3 aliphatic carbocycles. The van der Waals surface area contributed by atoms with E-state index in [2.05, 4.69) is 106 Å². The van der Waals surface area contributed by atoms with Gasteiger partial charge in [-0.05, 0) is 173 Å². The van der Waals surface area contributed by atoms with Crippen LogP contribution in [0.15, 0.2) is 24.8 Å². The molecule has 368 valence electrons. The average Bonchev–Trinajstić information content (AvgIpc) is 3.70. The van der Waals surface area contributed by atoms with Gasteiger partial charge in [-0.2, -0.15) is 13.3 Å². The molecular weight excluding hydrogens is 1020 g/mol. The van der Waals surface area contributed by atoms with Crippen molar-refractivity contribution in [2.75, 3.05) is 40.4 Å². The second-order valence-corrected chi connectivity index (χ2v) is 21.6. The molecule has 7 saturated heterocycles. The first-order valence-electron chi connectivity index (χ1n) is 24.8. The van der Waals surface area contributed by atoms with Crippen molar-refractivity contribution in [1.82, 2.24) is 19.6 Å². The smallest absolute Gasteiger partial charge is 1.00 e. The van der Waals surface area contributed by atoms with Gasteiger partial charge in [0.1, 0.15) is 11.2 Å². The van der Waals surface area contributed by atoms with E-state index in [1.165, 1.54) is 38.5 Å². The number of unbranched alkanes of at least 4 members (excludes halogenated alkanes) is 4. The normalized spacial score (nSPS) is 44.9. The molecule has 4 bridgehead atoms. The number of ether oxygens (including phenoxy) is 5. The van der Waals surface area contributed by atoms with Crippen LogP contribution >= 0.6 is 0 Å². The topological polar surface area (TPSA) is 96.0 Å². The zero-order valence-electron chi connectivity index (χ0n) is 40.0. The van der Waals surface area contributed by atoms with Gasteiger partial charge in [-0.3, -0.25) is 0 Å². The van der Waals surface area contributed by atoms with E-state index in [0.29, 0.717) is 41.4 Å². The molecule has 0 aromatic heterocycles. The van der Waals surface area contributed by atoms with Gasteiger partial charge in [0.2, 0.25) is 5.79 Å². The van der Waals surface area contributed by atoms with Gasteiger partial charge in [-0.15, -0.1) is 0 Å². The zero-order valence-corrected chi connectivity index (χ0v) is 42.9. The average molecular weight is 1100 g/mol. The first-order chi connectivity index (χ1) is 29.8. The molecule has 15 heteroatoms. The van der Waals surface area contributed by atoms with Gasteiger partial charge in [0.05, 0.1) is 6.10 Å². The van der Waals surface area contributed by atoms with Crippen LogP contribution in [0.25, 0.3) is 0 Å². The number of rotatable bonds is 14. The summed E-state index contributed by atoms with van der Waals surface area (Å²) >= 11 is 0. The molecule has 9 aliphatic heterocycles. The molecule has 64 heavy (non-hydrogen) atoms. The van der Waals surface area contributed by atoms with E-state index in [0.717, 1.165) is 84.1 Å². The third-order valence-electron chi connectivity index (χ3n) is 17.1. The summed E-state index contributed by atoms with van der Waals surface area (Å²) in [6.45, 7) is 21.3. The summed E-state index contributed by atoms with van der Waals surface area (Å²) in [7, 11) is 4.11. The number of hydrogen-bond acceptors (Lipinski definition) is 13. The van der Waals surface area contributed by atoms with Crippen LogP contribution in [0.5, 0.6) is 0 Å². The summed E-state index contributed by atoms with van der Waals surface area (Å²) in [5, 5.41) is 0. The standard InChI is InChI=1S/C25H41N2O4.C24H39N2O5.Au.ClH/c1-18-8-9-21-19(2)23(28-15-7-5-6-12-27-14-13-26(4)17-27)29-22-16-24(3)11-10-20(18)25(21,22)31-30-24;1-17-8-9-20-18(2)21(27-15-7-5-6-12-26-14-13-25(4)16-26)28-22-24(20)19(17)10-11-23(3,29-22)30-31-24;;/h13-14,17-23H,5-12,15-16H2,1-4H3;13-14,16-22H,5-12,15H2,1-4H3;;1H/q2*-1;+3;/p-1/t18-,19-,20+,21+,22-,23+,24+,25-;17-,18-,19+,20+,21+,22-,23-,24-;;/m11../s1. The fraction of sp³-hybridized carbons (Fsp3) is 0.878. The second kappa shape index (κ2) is 21.1. The Morgan fingerprint density at radius 2 is 1.12 bits per heavy atom. The maximum atomic E-state index is 6.70. The van der Waals surface area contributed by atoms with Crippen LogP contribution in [0, 0.1) is 60.7 Å². The van der Waals surface area contributed by atoms with E-state index in [9.17, 15) is 0 Å². The van der Waals surface area contributed by atoms with Gasteiger partial charge < -0.3 is 55.7 Å².